The van der Waals surface area contributed by atoms with Gasteiger partial charge in [0.25, 0.3) is 0 Å². The number of rotatable bonds is 2. The van der Waals surface area contributed by atoms with Crippen LogP contribution in [0.2, 0.25) is 0 Å². The summed E-state index contributed by atoms with van der Waals surface area (Å²) in [6.45, 7) is 0. The molecule has 2 rings (SSSR count). The fourth-order valence-corrected chi connectivity index (χ4v) is 1.36. The number of carbonyl (C=O) groups excluding carboxylic acids is 1. The Bertz CT molecular complexity index is 607. The molecule has 1 aromatic carbocycles. The summed E-state index contributed by atoms with van der Waals surface area (Å²) in [7, 11) is 0. The van der Waals surface area contributed by atoms with E-state index in [1.807, 2.05) is 0 Å². The quantitative estimate of drug-likeness (QED) is 0.648. The Balaban J connectivity index is 2.21. The number of carbonyl (C=O) groups is 1. The Labute approximate surface area is 105 Å². The number of hydrogen-bond acceptors (Lipinski definition) is 4. The first-order chi connectivity index (χ1) is 8.88. The lowest BCUT2D eigenvalue weighted by atomic mass is 10.2. The SMILES string of the molecule is Nc1[nH]ncc1C(=O)Oc1cccc(C(F)(F)F)c1. The van der Waals surface area contributed by atoms with Crippen molar-refractivity contribution in [3.63, 3.8) is 0 Å². The fourth-order valence-electron chi connectivity index (χ4n) is 1.36. The first-order valence-electron chi connectivity index (χ1n) is 5.06. The van der Waals surface area contributed by atoms with Crippen LogP contribution in [0.25, 0.3) is 0 Å². The molecule has 0 saturated carbocycles. The molecule has 0 bridgehead atoms. The number of nitrogens with one attached hydrogen (secondary N) is 1. The number of aromatic nitrogens is 2. The molecule has 100 valence electrons. The molecular formula is C11H8F3N3O2. The second-order valence-electron chi connectivity index (χ2n) is 3.61. The van der Waals surface area contributed by atoms with Crippen molar-refractivity contribution in [3.8, 4) is 5.75 Å². The number of nitrogens with two attached hydrogens (primary N) is 1. The number of ether oxygens (including phenoxy) is 1. The minimum absolute atomic E-state index is 0.0167. The molecule has 0 aliphatic carbocycles. The van der Waals surface area contributed by atoms with Crippen molar-refractivity contribution in [1.82, 2.24) is 10.2 Å². The van der Waals surface area contributed by atoms with Crippen molar-refractivity contribution < 1.29 is 22.7 Å². The molecule has 2 aromatic rings. The summed E-state index contributed by atoms with van der Waals surface area (Å²) < 4.78 is 42.2. The largest absolute Gasteiger partial charge is 0.423 e. The molecule has 8 heteroatoms. The van der Waals surface area contributed by atoms with Gasteiger partial charge in [-0.05, 0) is 18.2 Å². The van der Waals surface area contributed by atoms with Gasteiger partial charge in [-0.25, -0.2) is 4.79 Å². The Kier molecular flexibility index (Phi) is 3.16. The highest BCUT2D eigenvalue weighted by Crippen LogP contribution is 2.31. The average molecular weight is 271 g/mol. The molecule has 5 nitrogen and oxygen atoms in total. The molecule has 0 spiro atoms. The van der Waals surface area contributed by atoms with Gasteiger partial charge in [-0.2, -0.15) is 18.3 Å². The molecule has 1 heterocycles. The molecule has 0 aliphatic rings. The van der Waals surface area contributed by atoms with Crippen LogP contribution in [-0.4, -0.2) is 16.2 Å². The van der Waals surface area contributed by atoms with Crippen LogP contribution in [0.5, 0.6) is 5.75 Å². The monoisotopic (exact) mass is 271 g/mol. The highest BCUT2D eigenvalue weighted by Gasteiger charge is 2.30. The lowest BCUT2D eigenvalue weighted by molar-refractivity contribution is -0.137. The van der Waals surface area contributed by atoms with Gasteiger partial charge in [-0.15, -0.1) is 0 Å². The number of benzene rings is 1. The molecular weight excluding hydrogens is 263 g/mol. The van der Waals surface area contributed by atoms with Crippen molar-refractivity contribution >= 4 is 11.8 Å². The number of H-pyrrole nitrogens is 1. The van der Waals surface area contributed by atoms with Gasteiger partial charge in [0.2, 0.25) is 0 Å². The number of anilines is 1. The van der Waals surface area contributed by atoms with E-state index >= 15 is 0 Å². The van der Waals surface area contributed by atoms with Gasteiger partial charge in [0.05, 0.1) is 11.8 Å². The van der Waals surface area contributed by atoms with Crippen molar-refractivity contribution in [2.75, 3.05) is 5.73 Å². The summed E-state index contributed by atoms with van der Waals surface area (Å²) in [5.74, 6) is -1.12. The first-order valence-corrected chi connectivity index (χ1v) is 5.06. The van der Waals surface area contributed by atoms with Gasteiger partial charge in [0, 0.05) is 0 Å². The number of alkyl halides is 3. The second-order valence-corrected chi connectivity index (χ2v) is 3.61. The maximum atomic E-state index is 12.5. The fraction of sp³-hybridized carbons (Fsp3) is 0.0909. The smallest absolute Gasteiger partial charge is 0.416 e. The van der Waals surface area contributed by atoms with Crippen LogP contribution in [0, 0.1) is 0 Å². The Morgan fingerprint density at radius 2 is 2.11 bits per heavy atom. The zero-order valence-corrected chi connectivity index (χ0v) is 9.36. The normalized spacial score (nSPS) is 11.3. The minimum atomic E-state index is -4.50. The van der Waals surface area contributed by atoms with Crippen LogP contribution in [0.15, 0.2) is 30.5 Å². The summed E-state index contributed by atoms with van der Waals surface area (Å²) in [5, 5.41) is 5.83. The van der Waals surface area contributed by atoms with Gasteiger partial charge in [-0.3, -0.25) is 5.10 Å². The van der Waals surface area contributed by atoms with Gasteiger partial charge < -0.3 is 10.5 Å². The zero-order chi connectivity index (χ0) is 14.0. The number of esters is 1. The lowest BCUT2D eigenvalue weighted by Crippen LogP contribution is -2.11. The molecule has 0 radical (unpaired) electrons. The van der Waals surface area contributed by atoms with E-state index in [1.165, 1.54) is 6.07 Å². The van der Waals surface area contributed by atoms with Crippen molar-refractivity contribution in [3.05, 3.63) is 41.6 Å². The Morgan fingerprint density at radius 3 is 2.68 bits per heavy atom. The maximum absolute atomic E-state index is 12.5. The lowest BCUT2D eigenvalue weighted by Gasteiger charge is -2.08. The summed E-state index contributed by atoms with van der Waals surface area (Å²) >= 11 is 0. The number of hydrogen-bond donors (Lipinski definition) is 2. The van der Waals surface area contributed by atoms with Crippen LogP contribution < -0.4 is 10.5 Å². The van der Waals surface area contributed by atoms with Crippen molar-refractivity contribution in [2.45, 2.75) is 6.18 Å². The predicted octanol–water partition coefficient (Wildman–Crippen LogP) is 2.23. The Hall–Kier alpha value is -2.51. The standard InChI is InChI=1S/C11H8F3N3O2/c12-11(13,14)6-2-1-3-7(4-6)19-10(18)8-5-16-17-9(8)15/h1-5H,(H3,15,16,17). The third-order valence-corrected chi connectivity index (χ3v) is 2.26. The van der Waals surface area contributed by atoms with Crippen LogP contribution >= 0.6 is 0 Å². The molecule has 0 unspecified atom stereocenters. The van der Waals surface area contributed by atoms with E-state index in [2.05, 4.69) is 10.2 Å². The zero-order valence-electron chi connectivity index (χ0n) is 9.36. The van der Waals surface area contributed by atoms with Gasteiger partial charge >= 0.3 is 12.1 Å². The Morgan fingerprint density at radius 1 is 1.37 bits per heavy atom. The highest BCUT2D eigenvalue weighted by atomic mass is 19.4. The molecule has 3 N–H and O–H groups in total. The molecule has 0 saturated heterocycles. The molecule has 0 fully saturated rings. The van der Waals surface area contributed by atoms with E-state index < -0.39 is 17.7 Å². The molecule has 1 aromatic heterocycles. The van der Waals surface area contributed by atoms with E-state index in [-0.39, 0.29) is 17.1 Å². The maximum Gasteiger partial charge on any atom is 0.416 e. The second kappa shape index (κ2) is 4.63. The third-order valence-electron chi connectivity index (χ3n) is 2.26. The van der Waals surface area contributed by atoms with Gasteiger partial charge in [-0.1, -0.05) is 6.07 Å². The predicted molar refractivity (Wildman–Crippen MR) is 59.4 cm³/mol. The topological polar surface area (TPSA) is 81.0 Å². The number of nitrogens with zero attached hydrogens (tertiary/aromatic N) is 1. The number of aromatic amines is 1. The summed E-state index contributed by atoms with van der Waals surface area (Å²) in [6.07, 6.45) is -3.37. The molecule has 0 aliphatic heterocycles. The van der Waals surface area contributed by atoms with Gasteiger partial charge in [0.1, 0.15) is 17.1 Å². The summed E-state index contributed by atoms with van der Waals surface area (Å²) in [5.41, 5.74) is 4.45. The third kappa shape index (κ3) is 2.84. The first kappa shape index (κ1) is 12.9. The van der Waals surface area contributed by atoms with Crippen LogP contribution in [0.4, 0.5) is 19.0 Å². The van der Waals surface area contributed by atoms with E-state index in [9.17, 15) is 18.0 Å². The van der Waals surface area contributed by atoms with Gasteiger partial charge in [0.15, 0.2) is 0 Å². The van der Waals surface area contributed by atoms with E-state index in [1.54, 1.807) is 0 Å². The highest BCUT2D eigenvalue weighted by molar-refractivity contribution is 5.95. The molecule has 19 heavy (non-hydrogen) atoms. The van der Waals surface area contributed by atoms with E-state index in [0.717, 1.165) is 24.4 Å². The van der Waals surface area contributed by atoms with Crippen molar-refractivity contribution in [2.24, 2.45) is 0 Å². The average Bonchev–Trinajstić information content (AvgIpc) is 2.75. The molecule has 0 amide bonds. The van der Waals surface area contributed by atoms with E-state index in [4.69, 9.17) is 10.5 Å². The molecule has 0 atom stereocenters. The van der Waals surface area contributed by atoms with Crippen LogP contribution in [0.3, 0.4) is 0 Å². The summed E-state index contributed by atoms with van der Waals surface area (Å²) in [6, 6.07) is 3.99. The van der Waals surface area contributed by atoms with Crippen LogP contribution in [-0.2, 0) is 6.18 Å². The van der Waals surface area contributed by atoms with E-state index in [0.29, 0.717) is 0 Å². The van der Waals surface area contributed by atoms with Crippen molar-refractivity contribution in [1.29, 1.82) is 0 Å². The minimum Gasteiger partial charge on any atom is -0.423 e. The van der Waals surface area contributed by atoms with Crippen LogP contribution in [0.1, 0.15) is 15.9 Å². The number of halogens is 3. The summed E-state index contributed by atoms with van der Waals surface area (Å²) in [4.78, 5) is 11.6. The number of nitrogen functional groups attached to an aromatic ring is 1.